The van der Waals surface area contributed by atoms with Gasteiger partial charge in [-0.3, -0.25) is 4.98 Å². The highest BCUT2D eigenvalue weighted by molar-refractivity contribution is 5.93. The van der Waals surface area contributed by atoms with Gasteiger partial charge in [0.05, 0.1) is 5.52 Å². The average Bonchev–Trinajstić information content (AvgIpc) is 2.82. The Balaban J connectivity index is 1.30. The standard InChI is InChI=1S/C27H34N4O2/c1-19(31(2)3)20-10-8-11-21(18-20)33-27(32)29-17-9-16-28-26-22-12-4-6-14-24(22)30-25-15-7-5-13-23(25)26/h4,6,8,10-12,14,18-19H,5,7,9,13,15-17H2,1-3H3,(H,28,30)(H,29,32)/t19-/m0/s1. The summed E-state index contributed by atoms with van der Waals surface area (Å²) >= 11 is 0. The highest BCUT2D eigenvalue weighted by Crippen LogP contribution is 2.33. The third-order valence-corrected chi connectivity index (χ3v) is 6.42. The zero-order chi connectivity index (χ0) is 23.2. The molecular weight excluding hydrogens is 412 g/mol. The number of ether oxygens (including phenoxy) is 1. The molecule has 6 heteroatoms. The predicted molar refractivity (Wildman–Crippen MR) is 134 cm³/mol. The van der Waals surface area contributed by atoms with Gasteiger partial charge in [-0.1, -0.05) is 30.3 Å². The van der Waals surface area contributed by atoms with Gasteiger partial charge in [0.15, 0.2) is 0 Å². The van der Waals surface area contributed by atoms with Gasteiger partial charge in [-0.2, -0.15) is 0 Å². The van der Waals surface area contributed by atoms with Crippen LogP contribution in [0.4, 0.5) is 10.5 Å². The van der Waals surface area contributed by atoms with Gasteiger partial charge < -0.3 is 20.3 Å². The Hall–Kier alpha value is -3.12. The van der Waals surface area contributed by atoms with Crippen LogP contribution in [-0.2, 0) is 12.8 Å². The normalized spacial score (nSPS) is 14.1. The molecule has 0 bridgehead atoms. The maximum Gasteiger partial charge on any atom is 0.412 e. The molecule has 1 aliphatic carbocycles. The third kappa shape index (κ3) is 5.63. The van der Waals surface area contributed by atoms with E-state index >= 15 is 0 Å². The molecule has 0 unspecified atom stereocenters. The molecule has 0 radical (unpaired) electrons. The van der Waals surface area contributed by atoms with Crippen molar-refractivity contribution in [2.24, 2.45) is 0 Å². The molecule has 0 spiro atoms. The first-order chi connectivity index (χ1) is 16.0. The van der Waals surface area contributed by atoms with Gasteiger partial charge in [-0.05, 0) is 82.4 Å². The summed E-state index contributed by atoms with van der Waals surface area (Å²) in [4.78, 5) is 19.3. The van der Waals surface area contributed by atoms with Crippen LogP contribution >= 0.6 is 0 Å². The summed E-state index contributed by atoms with van der Waals surface area (Å²) in [7, 11) is 4.06. The molecule has 1 amide bonds. The van der Waals surface area contributed by atoms with Crippen LogP contribution in [0.1, 0.15) is 49.0 Å². The fraction of sp³-hybridized carbons (Fsp3) is 0.407. The number of para-hydroxylation sites is 1. The van der Waals surface area contributed by atoms with E-state index in [2.05, 4.69) is 40.7 Å². The zero-order valence-corrected chi connectivity index (χ0v) is 19.9. The second-order valence-electron chi connectivity index (χ2n) is 8.95. The number of carbonyl (C=O) groups is 1. The minimum Gasteiger partial charge on any atom is -0.410 e. The van der Waals surface area contributed by atoms with E-state index in [1.165, 1.54) is 35.2 Å². The first-order valence-electron chi connectivity index (χ1n) is 11.9. The second-order valence-corrected chi connectivity index (χ2v) is 8.95. The van der Waals surface area contributed by atoms with Gasteiger partial charge in [-0.15, -0.1) is 0 Å². The summed E-state index contributed by atoms with van der Waals surface area (Å²) in [5.41, 5.74) is 5.97. The lowest BCUT2D eigenvalue weighted by molar-refractivity contribution is 0.200. The minimum absolute atomic E-state index is 0.248. The van der Waals surface area contributed by atoms with Crippen LogP contribution in [0, 0.1) is 0 Å². The zero-order valence-electron chi connectivity index (χ0n) is 19.9. The van der Waals surface area contributed by atoms with Crippen LogP contribution in [0.15, 0.2) is 48.5 Å². The number of aromatic nitrogens is 1. The summed E-state index contributed by atoms with van der Waals surface area (Å²) in [6.45, 7) is 3.44. The number of fused-ring (bicyclic) bond motifs is 2. The van der Waals surface area contributed by atoms with Crippen molar-refractivity contribution in [3.63, 3.8) is 0 Å². The molecule has 0 saturated heterocycles. The van der Waals surface area contributed by atoms with Gasteiger partial charge in [-0.25, -0.2) is 4.79 Å². The molecule has 1 aliphatic rings. The topological polar surface area (TPSA) is 66.5 Å². The summed E-state index contributed by atoms with van der Waals surface area (Å²) < 4.78 is 5.48. The van der Waals surface area contributed by atoms with Crippen molar-refractivity contribution in [2.75, 3.05) is 32.5 Å². The largest absolute Gasteiger partial charge is 0.412 e. The molecule has 174 valence electrons. The number of nitrogens with one attached hydrogen (secondary N) is 2. The van der Waals surface area contributed by atoms with E-state index in [9.17, 15) is 4.79 Å². The molecule has 1 heterocycles. The average molecular weight is 447 g/mol. The predicted octanol–water partition coefficient (Wildman–Crippen LogP) is 5.33. The SMILES string of the molecule is C[C@@H](c1cccc(OC(=O)NCCCNc2c3c(nc4ccccc24)CCCC3)c1)N(C)C. The Bertz CT molecular complexity index is 1110. The highest BCUT2D eigenvalue weighted by Gasteiger charge is 2.17. The molecular formula is C27H34N4O2. The Kier molecular flexibility index (Phi) is 7.45. The molecule has 0 aliphatic heterocycles. The Morgan fingerprint density at radius 1 is 1.09 bits per heavy atom. The maximum absolute atomic E-state index is 12.3. The van der Waals surface area contributed by atoms with Crippen molar-refractivity contribution in [3.05, 3.63) is 65.4 Å². The van der Waals surface area contributed by atoms with Crippen molar-refractivity contribution < 1.29 is 9.53 Å². The van der Waals surface area contributed by atoms with Gasteiger partial charge >= 0.3 is 6.09 Å². The van der Waals surface area contributed by atoms with Gasteiger partial charge in [0.2, 0.25) is 0 Å². The number of benzene rings is 2. The van der Waals surface area contributed by atoms with Gasteiger partial charge in [0.1, 0.15) is 5.75 Å². The Labute approximate surface area is 196 Å². The molecule has 2 N–H and O–H groups in total. The Morgan fingerprint density at radius 2 is 1.91 bits per heavy atom. The summed E-state index contributed by atoms with van der Waals surface area (Å²) in [6.07, 6.45) is 4.93. The second kappa shape index (κ2) is 10.7. The smallest absolute Gasteiger partial charge is 0.410 e. The van der Waals surface area contributed by atoms with Crippen LogP contribution in [0.5, 0.6) is 5.75 Å². The number of carbonyl (C=O) groups excluding carboxylic acids is 1. The summed E-state index contributed by atoms with van der Waals surface area (Å²) in [6, 6.07) is 16.3. The number of nitrogens with zero attached hydrogens (tertiary/aromatic N) is 2. The number of hydrogen-bond donors (Lipinski definition) is 2. The molecule has 6 nitrogen and oxygen atoms in total. The van der Waals surface area contributed by atoms with Crippen LogP contribution in [0.2, 0.25) is 0 Å². The number of amides is 1. The summed E-state index contributed by atoms with van der Waals surface area (Å²) in [5.74, 6) is 0.562. The number of rotatable bonds is 8. The van der Waals surface area contributed by atoms with Crippen LogP contribution in [0.25, 0.3) is 10.9 Å². The molecule has 1 atom stereocenters. The van der Waals surface area contributed by atoms with E-state index < -0.39 is 6.09 Å². The van der Waals surface area contributed by atoms with Crippen LogP contribution < -0.4 is 15.4 Å². The highest BCUT2D eigenvalue weighted by atomic mass is 16.6. The van der Waals surface area contributed by atoms with Crippen molar-refractivity contribution in [1.82, 2.24) is 15.2 Å². The number of anilines is 1. The van der Waals surface area contributed by atoms with E-state index in [-0.39, 0.29) is 6.04 Å². The molecule has 33 heavy (non-hydrogen) atoms. The van der Waals surface area contributed by atoms with E-state index in [0.29, 0.717) is 12.3 Å². The lowest BCUT2D eigenvalue weighted by Gasteiger charge is -2.21. The fourth-order valence-electron chi connectivity index (χ4n) is 4.35. The molecule has 0 fully saturated rings. The van der Waals surface area contributed by atoms with Crippen molar-refractivity contribution in [3.8, 4) is 5.75 Å². The van der Waals surface area contributed by atoms with Crippen molar-refractivity contribution in [1.29, 1.82) is 0 Å². The van der Waals surface area contributed by atoms with Crippen molar-refractivity contribution >= 4 is 22.7 Å². The molecule has 4 rings (SSSR count). The van der Waals surface area contributed by atoms with E-state index in [0.717, 1.165) is 36.9 Å². The van der Waals surface area contributed by atoms with Gasteiger partial charge in [0, 0.05) is 35.9 Å². The quantitative estimate of drug-likeness (QED) is 0.458. The molecule has 0 saturated carbocycles. The summed E-state index contributed by atoms with van der Waals surface area (Å²) in [5, 5.41) is 7.68. The first-order valence-corrected chi connectivity index (χ1v) is 11.9. The lowest BCUT2D eigenvalue weighted by Crippen LogP contribution is -2.29. The lowest BCUT2D eigenvalue weighted by atomic mass is 9.92. The maximum atomic E-state index is 12.3. The fourth-order valence-corrected chi connectivity index (χ4v) is 4.35. The number of aryl methyl sites for hydroxylation is 1. The van der Waals surface area contributed by atoms with Crippen LogP contribution in [0.3, 0.4) is 0 Å². The van der Waals surface area contributed by atoms with Crippen molar-refractivity contribution in [2.45, 2.75) is 45.1 Å². The number of pyridine rings is 1. The first kappa shape index (κ1) is 23.1. The van der Waals surface area contributed by atoms with Crippen LogP contribution in [-0.4, -0.2) is 43.2 Å². The number of hydrogen-bond acceptors (Lipinski definition) is 5. The third-order valence-electron chi connectivity index (χ3n) is 6.42. The molecule has 3 aromatic rings. The van der Waals surface area contributed by atoms with E-state index in [4.69, 9.17) is 9.72 Å². The monoisotopic (exact) mass is 446 g/mol. The van der Waals surface area contributed by atoms with Gasteiger partial charge in [0.25, 0.3) is 0 Å². The molecule has 2 aromatic carbocycles. The van der Waals surface area contributed by atoms with E-state index in [1.54, 1.807) is 0 Å². The Morgan fingerprint density at radius 3 is 2.76 bits per heavy atom. The molecule has 1 aromatic heterocycles. The minimum atomic E-state index is -0.420. The van der Waals surface area contributed by atoms with E-state index in [1.807, 2.05) is 44.4 Å².